The molecule has 20 heavy (non-hydrogen) atoms. The Balaban J connectivity index is 4.58. The minimum atomic E-state index is -0.921. The summed E-state index contributed by atoms with van der Waals surface area (Å²) in [5, 5.41) is 9.10. The Kier molecular flexibility index (Phi) is 10.1. The summed E-state index contributed by atoms with van der Waals surface area (Å²) in [6.07, 6.45) is 9.45. The van der Waals surface area contributed by atoms with E-state index in [1.54, 1.807) is 0 Å². The van der Waals surface area contributed by atoms with Crippen LogP contribution in [0.15, 0.2) is 0 Å². The third-order valence-electron chi connectivity index (χ3n) is 4.03. The fourth-order valence-electron chi connectivity index (χ4n) is 2.71. The van der Waals surface area contributed by atoms with Gasteiger partial charge in [-0.15, -0.1) is 0 Å². The van der Waals surface area contributed by atoms with Crippen LogP contribution in [0.4, 0.5) is 0 Å². The summed E-state index contributed by atoms with van der Waals surface area (Å²) in [6.45, 7) is 4.26. The molecule has 0 fully saturated rings. The van der Waals surface area contributed by atoms with E-state index in [0.29, 0.717) is 12.8 Å². The summed E-state index contributed by atoms with van der Waals surface area (Å²) in [7, 11) is 0. The number of nitrogens with two attached hydrogens (primary N) is 1. The van der Waals surface area contributed by atoms with Crippen molar-refractivity contribution in [3.8, 4) is 0 Å². The predicted octanol–water partition coefficient (Wildman–Crippen LogP) is 3.87. The molecule has 118 valence electrons. The van der Waals surface area contributed by atoms with Crippen molar-refractivity contribution in [2.45, 2.75) is 84.5 Å². The van der Waals surface area contributed by atoms with Crippen molar-refractivity contribution in [1.82, 2.24) is 0 Å². The highest BCUT2D eigenvalue weighted by atomic mass is 16.4. The maximum absolute atomic E-state index is 11.8. The lowest BCUT2D eigenvalue weighted by Gasteiger charge is -2.29. The summed E-state index contributed by atoms with van der Waals surface area (Å²) >= 11 is 0. The number of aliphatic carboxylic acids is 1. The van der Waals surface area contributed by atoms with E-state index in [1.807, 2.05) is 0 Å². The van der Waals surface area contributed by atoms with Crippen LogP contribution in [0.3, 0.4) is 0 Å². The molecule has 0 aromatic heterocycles. The fourth-order valence-corrected chi connectivity index (χ4v) is 2.71. The van der Waals surface area contributed by atoms with Gasteiger partial charge in [0, 0.05) is 0 Å². The van der Waals surface area contributed by atoms with Gasteiger partial charge in [-0.3, -0.25) is 9.59 Å². The molecular weight excluding hydrogens is 254 g/mol. The van der Waals surface area contributed by atoms with Crippen LogP contribution in [-0.4, -0.2) is 17.0 Å². The first-order valence-corrected chi connectivity index (χ1v) is 8.00. The van der Waals surface area contributed by atoms with E-state index in [2.05, 4.69) is 13.8 Å². The highest BCUT2D eigenvalue weighted by Crippen LogP contribution is 2.35. The van der Waals surface area contributed by atoms with Crippen LogP contribution < -0.4 is 5.73 Å². The molecule has 4 nitrogen and oxygen atoms in total. The number of carbonyl (C=O) groups is 2. The molecule has 0 bridgehead atoms. The number of unbranched alkanes of at least 4 members (excludes halogenated alkanes) is 6. The van der Waals surface area contributed by atoms with E-state index in [4.69, 9.17) is 10.8 Å². The Morgan fingerprint density at radius 1 is 0.900 bits per heavy atom. The Morgan fingerprint density at radius 3 is 1.65 bits per heavy atom. The molecule has 0 atom stereocenters. The fraction of sp³-hybridized carbons (Fsp3) is 0.875. The van der Waals surface area contributed by atoms with E-state index >= 15 is 0 Å². The molecule has 0 rings (SSSR count). The lowest BCUT2D eigenvalue weighted by molar-refractivity contribution is -0.145. The molecule has 0 aliphatic heterocycles. The molecule has 0 aromatic rings. The van der Waals surface area contributed by atoms with Gasteiger partial charge in [0.15, 0.2) is 0 Å². The summed E-state index contributed by atoms with van der Waals surface area (Å²) < 4.78 is 0. The van der Waals surface area contributed by atoms with Crippen LogP contribution in [0.2, 0.25) is 0 Å². The summed E-state index contributed by atoms with van der Waals surface area (Å²) in [4.78, 5) is 22.9. The summed E-state index contributed by atoms with van der Waals surface area (Å²) in [6, 6.07) is 0. The van der Waals surface area contributed by atoms with Crippen LogP contribution >= 0.6 is 0 Å². The second kappa shape index (κ2) is 10.7. The zero-order valence-electron chi connectivity index (χ0n) is 13.1. The van der Waals surface area contributed by atoms with Gasteiger partial charge in [-0.05, 0) is 12.8 Å². The zero-order chi connectivity index (χ0) is 15.4. The minimum absolute atomic E-state index is 0.124. The first-order chi connectivity index (χ1) is 9.48. The van der Waals surface area contributed by atoms with Crippen molar-refractivity contribution in [2.24, 2.45) is 11.1 Å². The normalized spacial score (nSPS) is 11.5. The number of carbonyl (C=O) groups excluding carboxylic acids is 1. The Bertz CT molecular complexity index is 277. The SMILES string of the molecule is CCCCCCC(CCCCCC)(CC(=O)O)C(N)=O. The average Bonchev–Trinajstić information content (AvgIpc) is 2.38. The third kappa shape index (κ3) is 7.51. The molecule has 0 unspecified atom stereocenters. The van der Waals surface area contributed by atoms with Crippen LogP contribution in [-0.2, 0) is 9.59 Å². The first-order valence-electron chi connectivity index (χ1n) is 8.00. The standard InChI is InChI=1S/C16H31NO3/c1-3-5-7-9-11-16(15(17)20,13-14(18)19)12-10-8-6-4-2/h3-13H2,1-2H3,(H2,17,20)(H,18,19). The van der Waals surface area contributed by atoms with Gasteiger partial charge in [-0.1, -0.05) is 65.2 Å². The molecule has 1 amide bonds. The molecule has 0 aromatic carbocycles. The maximum atomic E-state index is 11.8. The molecule has 0 aliphatic carbocycles. The molecule has 0 aliphatic rings. The maximum Gasteiger partial charge on any atom is 0.304 e. The van der Waals surface area contributed by atoms with Gasteiger partial charge in [0.05, 0.1) is 11.8 Å². The minimum Gasteiger partial charge on any atom is -0.481 e. The van der Waals surface area contributed by atoms with Crippen LogP contribution in [0, 0.1) is 5.41 Å². The number of carboxylic acids is 1. The van der Waals surface area contributed by atoms with Gasteiger partial charge >= 0.3 is 5.97 Å². The monoisotopic (exact) mass is 285 g/mol. The molecule has 0 radical (unpaired) electrons. The van der Waals surface area contributed by atoms with Crippen LogP contribution in [0.25, 0.3) is 0 Å². The number of rotatable bonds is 13. The number of hydrogen-bond acceptors (Lipinski definition) is 2. The highest BCUT2D eigenvalue weighted by molar-refractivity contribution is 5.85. The van der Waals surface area contributed by atoms with Crippen molar-refractivity contribution in [1.29, 1.82) is 0 Å². The van der Waals surface area contributed by atoms with E-state index in [1.165, 1.54) is 0 Å². The Morgan fingerprint density at radius 2 is 1.35 bits per heavy atom. The second-order valence-electron chi connectivity index (χ2n) is 5.84. The number of hydrogen-bond donors (Lipinski definition) is 2. The topological polar surface area (TPSA) is 80.4 Å². The molecule has 3 N–H and O–H groups in total. The lowest BCUT2D eigenvalue weighted by Crippen LogP contribution is -2.39. The highest BCUT2D eigenvalue weighted by Gasteiger charge is 2.37. The molecular formula is C16H31NO3. The van der Waals surface area contributed by atoms with Gasteiger partial charge in [0.1, 0.15) is 0 Å². The van der Waals surface area contributed by atoms with Crippen LogP contribution in [0.1, 0.15) is 84.5 Å². The smallest absolute Gasteiger partial charge is 0.304 e. The molecule has 0 saturated carbocycles. The van der Waals surface area contributed by atoms with Gasteiger partial charge in [0.25, 0.3) is 0 Å². The largest absolute Gasteiger partial charge is 0.481 e. The van der Waals surface area contributed by atoms with Gasteiger partial charge in [-0.2, -0.15) is 0 Å². The van der Waals surface area contributed by atoms with Crippen molar-refractivity contribution < 1.29 is 14.7 Å². The first kappa shape index (κ1) is 18.9. The van der Waals surface area contributed by atoms with E-state index in [0.717, 1.165) is 51.4 Å². The Hall–Kier alpha value is -1.06. The van der Waals surface area contributed by atoms with Crippen molar-refractivity contribution in [2.75, 3.05) is 0 Å². The molecule has 0 spiro atoms. The van der Waals surface area contributed by atoms with Gasteiger partial charge in [0.2, 0.25) is 5.91 Å². The summed E-state index contributed by atoms with van der Waals surface area (Å²) in [5.41, 5.74) is 4.71. The third-order valence-corrected chi connectivity index (χ3v) is 4.03. The van der Waals surface area contributed by atoms with Crippen LogP contribution in [0.5, 0.6) is 0 Å². The van der Waals surface area contributed by atoms with Crippen molar-refractivity contribution >= 4 is 11.9 Å². The van der Waals surface area contributed by atoms with Gasteiger partial charge in [-0.25, -0.2) is 0 Å². The zero-order valence-corrected chi connectivity index (χ0v) is 13.1. The number of amides is 1. The Labute approximate surface area is 123 Å². The quantitative estimate of drug-likeness (QED) is 0.504. The predicted molar refractivity (Wildman–Crippen MR) is 81.4 cm³/mol. The molecule has 0 saturated heterocycles. The summed E-state index contributed by atoms with van der Waals surface area (Å²) in [5.74, 6) is -1.36. The van der Waals surface area contributed by atoms with E-state index < -0.39 is 17.3 Å². The lowest BCUT2D eigenvalue weighted by atomic mass is 9.74. The van der Waals surface area contributed by atoms with E-state index in [-0.39, 0.29) is 6.42 Å². The van der Waals surface area contributed by atoms with Crippen molar-refractivity contribution in [3.05, 3.63) is 0 Å². The van der Waals surface area contributed by atoms with Gasteiger partial charge < -0.3 is 10.8 Å². The van der Waals surface area contributed by atoms with E-state index in [9.17, 15) is 9.59 Å². The molecule has 0 heterocycles. The number of primary amides is 1. The van der Waals surface area contributed by atoms with Crippen molar-refractivity contribution in [3.63, 3.8) is 0 Å². The molecule has 4 heteroatoms. The number of carboxylic acid groups (broad SMARTS) is 1. The second-order valence-corrected chi connectivity index (χ2v) is 5.84. The average molecular weight is 285 g/mol.